The van der Waals surface area contributed by atoms with Crippen molar-refractivity contribution in [3.05, 3.63) is 106 Å². The van der Waals surface area contributed by atoms with Crippen LogP contribution >= 0.6 is 0 Å². The van der Waals surface area contributed by atoms with Crippen molar-refractivity contribution in [2.24, 2.45) is 5.41 Å². The summed E-state index contributed by atoms with van der Waals surface area (Å²) in [4.78, 5) is 50.4. The van der Waals surface area contributed by atoms with Gasteiger partial charge in [-0.2, -0.15) is 30.0 Å². The fourth-order valence-corrected chi connectivity index (χ4v) is 6.59. The lowest BCUT2D eigenvalue weighted by Gasteiger charge is -2.26. The van der Waals surface area contributed by atoms with Crippen LogP contribution < -0.4 is 0 Å². The van der Waals surface area contributed by atoms with Crippen molar-refractivity contribution in [3.63, 3.8) is 0 Å². The number of carbonyl (C=O) groups is 4. The second kappa shape index (κ2) is 15.1. The lowest BCUT2D eigenvalue weighted by Crippen LogP contribution is -2.44. The third kappa shape index (κ3) is 8.54. The van der Waals surface area contributed by atoms with Crippen molar-refractivity contribution in [2.45, 2.75) is 52.5 Å². The van der Waals surface area contributed by atoms with Crippen LogP contribution in [0.3, 0.4) is 0 Å². The number of allylic oxidation sites excluding steroid dienone is 2. The van der Waals surface area contributed by atoms with E-state index in [1.807, 2.05) is 30.4 Å². The number of nitrogens with zero attached hydrogens (tertiary/aromatic N) is 2. The molecule has 2 aliphatic heterocycles. The topological polar surface area (TPSA) is 161 Å². The quantitative estimate of drug-likeness (QED) is 0.0928. The smallest absolute Gasteiger partial charge is 0.266 e. The number of rotatable bonds is 9. The first-order chi connectivity index (χ1) is 25.6. The zero-order valence-electron chi connectivity index (χ0n) is 30.1. The van der Waals surface area contributed by atoms with E-state index in [0.29, 0.717) is 15.8 Å². The highest BCUT2D eigenvalue weighted by molar-refractivity contribution is 7.87. The molecule has 4 aromatic carbocycles. The van der Waals surface area contributed by atoms with Gasteiger partial charge in [0.05, 0.1) is 28.5 Å². The molecule has 12 nitrogen and oxygen atoms in total. The van der Waals surface area contributed by atoms with Crippen LogP contribution in [0.4, 0.5) is 13.2 Å². The van der Waals surface area contributed by atoms with Gasteiger partial charge in [-0.3, -0.25) is 19.2 Å². The van der Waals surface area contributed by atoms with Gasteiger partial charge in [0, 0.05) is 10.8 Å². The van der Waals surface area contributed by atoms with Crippen molar-refractivity contribution in [1.82, 2.24) is 10.1 Å². The molecule has 0 fully saturated rings. The zero-order valence-corrected chi connectivity index (χ0v) is 31.8. The monoisotopic (exact) mass is 800 g/mol. The molecule has 0 aromatic heterocycles. The second-order valence-corrected chi connectivity index (χ2v) is 16.7. The molecular formula is C38H35F3N2O10S2. The normalized spacial score (nSPS) is 15.1. The Bertz CT molecular complexity index is 2490. The van der Waals surface area contributed by atoms with Crippen LogP contribution in [0.2, 0.25) is 0 Å². The molecule has 0 spiro atoms. The summed E-state index contributed by atoms with van der Waals surface area (Å²) in [6, 6.07) is 15.8. The molecule has 0 atom stereocenters. The first-order valence-corrected chi connectivity index (χ1v) is 19.9. The Hall–Kier alpha value is -5.23. The van der Waals surface area contributed by atoms with Gasteiger partial charge in [0.15, 0.2) is 0 Å². The van der Waals surface area contributed by atoms with E-state index in [2.05, 4.69) is 36.3 Å². The maximum absolute atomic E-state index is 12.6. The summed E-state index contributed by atoms with van der Waals surface area (Å²) >= 11 is 0. The first-order valence-electron chi connectivity index (χ1n) is 16.7. The van der Waals surface area contributed by atoms with Gasteiger partial charge in [-0.1, -0.05) is 101 Å². The first kappa shape index (κ1) is 40.9. The van der Waals surface area contributed by atoms with Gasteiger partial charge in [-0.15, -0.1) is 18.7 Å². The van der Waals surface area contributed by atoms with Crippen LogP contribution in [0.15, 0.2) is 72.8 Å². The molecule has 6 rings (SSSR count). The van der Waals surface area contributed by atoms with Gasteiger partial charge < -0.3 is 0 Å². The average molecular weight is 801 g/mol. The SMILES string of the molecule is CC(C)(C)/C=C/c1ccc2c3c(cccc13)C(=O)N(OS(C)(=O)=O)C2=O.CCCC/C=C/c1ccc2c3c(cccc13)C(=O)N(OS(=O)(=O)C(F)(F)F)C2=O. The molecule has 0 saturated heterocycles. The van der Waals surface area contributed by atoms with Crippen LogP contribution in [0.25, 0.3) is 33.7 Å². The van der Waals surface area contributed by atoms with E-state index < -0.39 is 49.4 Å². The Morgan fingerprint density at radius 2 is 1.09 bits per heavy atom. The molecule has 2 aliphatic rings. The molecule has 17 heteroatoms. The molecule has 0 saturated carbocycles. The third-order valence-corrected chi connectivity index (χ3v) is 9.59. The number of carbonyl (C=O) groups excluding carboxylic acids is 4. The Balaban J connectivity index is 0.000000212. The van der Waals surface area contributed by atoms with Gasteiger partial charge in [0.25, 0.3) is 33.7 Å². The highest BCUT2D eigenvalue weighted by Gasteiger charge is 2.51. The highest BCUT2D eigenvalue weighted by Crippen LogP contribution is 2.36. The van der Waals surface area contributed by atoms with Gasteiger partial charge in [0.2, 0.25) is 0 Å². The minimum absolute atomic E-state index is 0.0224. The summed E-state index contributed by atoms with van der Waals surface area (Å²) < 4.78 is 91.7. The van der Waals surface area contributed by atoms with Gasteiger partial charge >= 0.3 is 15.6 Å². The van der Waals surface area contributed by atoms with Crippen LogP contribution in [-0.4, -0.2) is 62.4 Å². The van der Waals surface area contributed by atoms with Crippen molar-refractivity contribution in [1.29, 1.82) is 0 Å². The fourth-order valence-electron chi connectivity index (χ4n) is 5.77. The summed E-state index contributed by atoms with van der Waals surface area (Å²) in [7, 11) is -10.2. The van der Waals surface area contributed by atoms with Crippen molar-refractivity contribution in [3.8, 4) is 0 Å². The van der Waals surface area contributed by atoms with Crippen LogP contribution in [0.5, 0.6) is 0 Å². The minimum Gasteiger partial charge on any atom is -0.266 e. The number of halogens is 3. The van der Waals surface area contributed by atoms with E-state index in [1.165, 1.54) is 18.2 Å². The molecule has 0 unspecified atom stereocenters. The molecule has 0 radical (unpaired) electrons. The van der Waals surface area contributed by atoms with Crippen LogP contribution in [0.1, 0.15) is 99.5 Å². The van der Waals surface area contributed by atoms with Gasteiger partial charge in [0.1, 0.15) is 0 Å². The maximum Gasteiger partial charge on any atom is 0.525 e. The Kier molecular flexibility index (Phi) is 11.3. The van der Waals surface area contributed by atoms with Gasteiger partial charge in [-0.05, 0) is 58.0 Å². The Morgan fingerprint density at radius 1 is 0.655 bits per heavy atom. The molecule has 290 valence electrons. The molecule has 0 aliphatic carbocycles. The van der Waals surface area contributed by atoms with Crippen LogP contribution in [-0.2, 0) is 28.8 Å². The van der Waals surface area contributed by atoms with E-state index >= 15 is 0 Å². The molecular weight excluding hydrogens is 766 g/mol. The van der Waals surface area contributed by atoms with E-state index in [-0.39, 0.29) is 38.1 Å². The van der Waals surface area contributed by atoms with E-state index in [9.17, 15) is 49.2 Å². The summed E-state index contributed by atoms with van der Waals surface area (Å²) in [5.74, 6) is -4.16. The summed E-state index contributed by atoms with van der Waals surface area (Å²) in [5, 5.41) is 1.98. The standard InChI is InChI=1S/C19H16F3NO5S.C19H19NO5S/c1-2-3-4-5-7-12-10-11-15-16-13(12)8-6-9-14(16)17(24)23(18(15)25)28-29(26,27)19(20,21)22;1-19(2,3)11-10-12-8-9-15-16-13(12)6-5-7-14(16)17(21)20(18(15)22)25-26(4,23)24/h5-11H,2-4H2,1H3;5-11H,1-4H3/b7-5+;11-10+. The van der Waals surface area contributed by atoms with Crippen molar-refractivity contribution in [2.75, 3.05) is 6.26 Å². The number of unbranched alkanes of at least 4 members (excludes halogenated alkanes) is 2. The predicted octanol–water partition coefficient (Wildman–Crippen LogP) is 7.81. The number of amides is 4. The fraction of sp³-hybridized carbons (Fsp3) is 0.263. The van der Waals surface area contributed by atoms with E-state index in [4.69, 9.17) is 0 Å². The minimum atomic E-state index is -6.19. The molecule has 4 aromatic rings. The third-order valence-electron chi connectivity index (χ3n) is 8.26. The highest BCUT2D eigenvalue weighted by atomic mass is 32.2. The zero-order chi connectivity index (χ0) is 40.7. The van der Waals surface area contributed by atoms with Gasteiger partial charge in [-0.25, -0.2) is 0 Å². The number of hydroxylamine groups is 4. The molecule has 4 amide bonds. The summed E-state index contributed by atoms with van der Waals surface area (Å²) in [6.07, 6.45) is 11.4. The predicted molar refractivity (Wildman–Crippen MR) is 198 cm³/mol. The molecule has 0 bridgehead atoms. The van der Waals surface area contributed by atoms with Crippen molar-refractivity contribution < 1.29 is 57.8 Å². The lowest BCUT2D eigenvalue weighted by molar-refractivity contribution is -0.0761. The average Bonchev–Trinajstić information content (AvgIpc) is 3.10. The number of imide groups is 2. The Morgan fingerprint density at radius 3 is 1.51 bits per heavy atom. The summed E-state index contributed by atoms with van der Waals surface area (Å²) in [6.45, 7) is 8.27. The van der Waals surface area contributed by atoms with E-state index in [0.717, 1.165) is 42.0 Å². The number of hydrogen-bond acceptors (Lipinski definition) is 10. The van der Waals surface area contributed by atoms with Crippen molar-refractivity contribution >= 4 is 77.6 Å². The molecule has 55 heavy (non-hydrogen) atoms. The number of benzene rings is 4. The number of alkyl halides is 3. The van der Waals surface area contributed by atoms with Crippen LogP contribution in [0, 0.1) is 5.41 Å². The number of hydrogen-bond donors (Lipinski definition) is 0. The molecule has 2 heterocycles. The maximum atomic E-state index is 12.6. The second-order valence-electron chi connectivity index (χ2n) is 13.7. The lowest BCUT2D eigenvalue weighted by atomic mass is 9.90. The Labute approximate surface area is 315 Å². The molecule has 0 N–H and O–H groups in total. The van der Waals surface area contributed by atoms with E-state index in [1.54, 1.807) is 36.4 Å². The largest absolute Gasteiger partial charge is 0.525 e. The summed E-state index contributed by atoms with van der Waals surface area (Å²) in [5.41, 5.74) is -4.01.